The zero-order chi connectivity index (χ0) is 25.5. The number of benzene rings is 2. The van der Waals surface area contributed by atoms with E-state index in [-0.39, 0.29) is 15.7 Å². The van der Waals surface area contributed by atoms with E-state index in [4.69, 9.17) is 14.9 Å². The second kappa shape index (κ2) is 9.68. The van der Waals surface area contributed by atoms with Crippen LogP contribution in [0.15, 0.2) is 73.3 Å². The molecule has 2 unspecified atom stereocenters. The number of anilines is 1. The van der Waals surface area contributed by atoms with Gasteiger partial charge in [-0.15, -0.1) is 0 Å². The Kier molecular flexibility index (Phi) is 6.73. The molecular formula is C26H30BrN5O3Si. The number of aliphatic hydroxyl groups excluding tert-OH is 1. The van der Waals surface area contributed by atoms with Crippen molar-refractivity contribution in [3.63, 3.8) is 0 Å². The van der Waals surface area contributed by atoms with E-state index >= 15 is 0 Å². The van der Waals surface area contributed by atoms with Crippen molar-refractivity contribution in [2.75, 3.05) is 12.3 Å². The summed E-state index contributed by atoms with van der Waals surface area (Å²) in [7, 11) is -2.75. The van der Waals surface area contributed by atoms with E-state index in [2.05, 4.69) is 100 Å². The van der Waals surface area contributed by atoms with Crippen molar-refractivity contribution in [2.45, 2.75) is 49.1 Å². The topological polar surface area (TPSA) is 108 Å². The molecule has 1 aliphatic rings. The summed E-state index contributed by atoms with van der Waals surface area (Å²) in [4.78, 5) is 12.3. The minimum atomic E-state index is -2.75. The fourth-order valence-corrected chi connectivity index (χ4v) is 10.2. The fourth-order valence-electron chi connectivity index (χ4n) is 5.10. The van der Waals surface area contributed by atoms with Gasteiger partial charge >= 0.3 is 0 Å². The van der Waals surface area contributed by atoms with Gasteiger partial charge in [-0.1, -0.05) is 97.4 Å². The third-order valence-electron chi connectivity index (χ3n) is 6.83. The lowest BCUT2D eigenvalue weighted by atomic mass is 10.2. The Morgan fingerprint density at radius 2 is 1.64 bits per heavy atom. The largest absolute Gasteiger partial charge is 0.405 e. The Balaban J connectivity index is 1.48. The van der Waals surface area contributed by atoms with Crippen molar-refractivity contribution in [3.8, 4) is 0 Å². The minimum Gasteiger partial charge on any atom is -0.405 e. The van der Waals surface area contributed by atoms with Gasteiger partial charge in [-0.05, 0) is 15.4 Å². The van der Waals surface area contributed by atoms with Gasteiger partial charge in [-0.25, -0.2) is 15.0 Å². The molecule has 10 heteroatoms. The Hall–Kier alpha value is -2.63. The molecule has 4 atom stereocenters. The summed E-state index contributed by atoms with van der Waals surface area (Å²) in [5.41, 5.74) is 6.94. The number of fused-ring (bicyclic) bond motifs is 1. The number of hydrogen-bond donors (Lipinski definition) is 2. The third kappa shape index (κ3) is 4.16. The zero-order valence-corrected chi connectivity index (χ0v) is 23.0. The van der Waals surface area contributed by atoms with Crippen molar-refractivity contribution in [1.29, 1.82) is 0 Å². The van der Waals surface area contributed by atoms with Gasteiger partial charge in [-0.3, -0.25) is 4.57 Å². The second-order valence-electron chi connectivity index (χ2n) is 10.1. The smallest absolute Gasteiger partial charge is 0.261 e. The molecule has 0 aliphatic carbocycles. The van der Waals surface area contributed by atoms with Crippen molar-refractivity contribution in [2.24, 2.45) is 0 Å². The summed E-state index contributed by atoms with van der Waals surface area (Å²) in [6.45, 7) is 7.01. The van der Waals surface area contributed by atoms with Gasteiger partial charge in [0.2, 0.25) is 0 Å². The van der Waals surface area contributed by atoms with E-state index in [1.54, 1.807) is 10.9 Å². The van der Waals surface area contributed by atoms with Crippen molar-refractivity contribution >= 4 is 51.6 Å². The molecule has 0 amide bonds. The van der Waals surface area contributed by atoms with Crippen LogP contribution in [0, 0.1) is 0 Å². The van der Waals surface area contributed by atoms with Crippen molar-refractivity contribution in [3.05, 3.63) is 73.3 Å². The van der Waals surface area contributed by atoms with Crippen LogP contribution in [0.1, 0.15) is 27.0 Å². The van der Waals surface area contributed by atoms with Crippen molar-refractivity contribution in [1.82, 2.24) is 19.5 Å². The predicted octanol–water partition coefficient (Wildman–Crippen LogP) is 3.01. The summed E-state index contributed by atoms with van der Waals surface area (Å²) < 4.78 is 15.1. The first-order valence-corrected chi connectivity index (χ1v) is 14.7. The molecule has 4 aromatic rings. The van der Waals surface area contributed by atoms with Crippen LogP contribution in [0.2, 0.25) is 5.04 Å². The normalized spacial score (nSPS) is 22.8. The van der Waals surface area contributed by atoms with Crippen LogP contribution in [0.25, 0.3) is 11.2 Å². The average Bonchev–Trinajstić information content (AvgIpc) is 3.42. The van der Waals surface area contributed by atoms with Crippen LogP contribution < -0.4 is 16.1 Å². The molecular weight excluding hydrogens is 538 g/mol. The van der Waals surface area contributed by atoms with Gasteiger partial charge in [-0.2, -0.15) is 0 Å². The molecule has 2 aromatic heterocycles. The minimum absolute atomic E-state index is 0.164. The van der Waals surface area contributed by atoms with Crippen LogP contribution >= 0.6 is 15.9 Å². The molecule has 2 aromatic carbocycles. The average molecular weight is 569 g/mol. The molecule has 1 aliphatic heterocycles. The van der Waals surface area contributed by atoms with Gasteiger partial charge in [0.1, 0.15) is 17.9 Å². The van der Waals surface area contributed by atoms with E-state index in [0.29, 0.717) is 17.8 Å². The lowest BCUT2D eigenvalue weighted by molar-refractivity contribution is -0.0467. The number of nitrogens with two attached hydrogens (primary N) is 1. The number of ether oxygens (including phenoxy) is 1. The van der Waals surface area contributed by atoms with Crippen LogP contribution in [0.5, 0.6) is 0 Å². The van der Waals surface area contributed by atoms with E-state index in [9.17, 15) is 5.11 Å². The molecule has 5 rings (SSSR count). The second-order valence-corrected chi connectivity index (χ2v) is 15.4. The predicted molar refractivity (Wildman–Crippen MR) is 146 cm³/mol. The number of halogens is 1. The number of nitrogens with zero attached hydrogens (tertiary/aromatic N) is 4. The molecule has 3 heterocycles. The molecule has 0 bridgehead atoms. The van der Waals surface area contributed by atoms with E-state index < -0.39 is 26.8 Å². The Labute approximate surface area is 219 Å². The molecule has 3 N–H and O–H groups in total. The molecule has 0 saturated carbocycles. The number of alkyl halides is 1. The molecule has 36 heavy (non-hydrogen) atoms. The van der Waals surface area contributed by atoms with Gasteiger partial charge < -0.3 is 20.0 Å². The lowest BCUT2D eigenvalue weighted by Crippen LogP contribution is -2.67. The number of aromatic nitrogens is 4. The van der Waals surface area contributed by atoms with E-state index in [1.807, 2.05) is 12.1 Å². The first-order valence-electron chi connectivity index (χ1n) is 11.9. The highest BCUT2D eigenvalue weighted by Crippen LogP contribution is 2.40. The molecule has 0 radical (unpaired) electrons. The first kappa shape index (κ1) is 25.0. The first-order chi connectivity index (χ1) is 17.2. The van der Waals surface area contributed by atoms with Crippen LogP contribution in [0.4, 0.5) is 5.82 Å². The number of aliphatic hydroxyl groups is 1. The summed E-state index contributed by atoms with van der Waals surface area (Å²) >= 11 is 3.67. The van der Waals surface area contributed by atoms with Gasteiger partial charge in [0, 0.05) is 0 Å². The fraction of sp³-hybridized carbons (Fsp3) is 0.346. The highest BCUT2D eigenvalue weighted by molar-refractivity contribution is 9.09. The number of rotatable bonds is 6. The standard InChI is InChI=1S/C26H30BrN5O3Si/c1-26(2,3)36(17-10-6-4-7-11-17,18-12-8-5-9-13-18)34-14-19-20(27)22(33)25(35-19)32-16-31-21-23(28)29-15-30-24(21)32/h4-13,15-16,19-20,22,25,33H,14H2,1-3H3,(H2,28,29,30)/t19-,20?,22?,25-/m1/s1. The molecule has 1 saturated heterocycles. The SMILES string of the molecule is CC(C)(C)[Si](OC[C@H]1O[C@@H](n2cnc3c(N)ncnc32)C(O)C1Br)(c1ccccc1)c1ccccc1. The monoisotopic (exact) mass is 567 g/mol. The Morgan fingerprint density at radius 1 is 1.03 bits per heavy atom. The summed E-state index contributed by atoms with van der Waals surface area (Å²) in [6, 6.07) is 20.9. The lowest BCUT2D eigenvalue weighted by Gasteiger charge is -2.43. The summed E-state index contributed by atoms with van der Waals surface area (Å²) in [6.07, 6.45) is 1.03. The highest BCUT2D eigenvalue weighted by atomic mass is 79.9. The zero-order valence-electron chi connectivity index (χ0n) is 20.5. The van der Waals surface area contributed by atoms with Crippen LogP contribution in [-0.4, -0.2) is 56.6 Å². The Bertz CT molecular complexity index is 1290. The van der Waals surface area contributed by atoms with Crippen molar-refractivity contribution < 1.29 is 14.3 Å². The van der Waals surface area contributed by atoms with Gasteiger partial charge in [0.05, 0.1) is 23.9 Å². The van der Waals surface area contributed by atoms with Gasteiger partial charge in [0.25, 0.3) is 8.32 Å². The molecule has 1 fully saturated rings. The molecule has 0 spiro atoms. The quantitative estimate of drug-likeness (QED) is 0.272. The Morgan fingerprint density at radius 3 is 2.22 bits per heavy atom. The number of imidazole rings is 1. The number of nitrogen functional groups attached to an aromatic ring is 1. The van der Waals surface area contributed by atoms with E-state index in [0.717, 1.165) is 0 Å². The maximum atomic E-state index is 11.1. The van der Waals surface area contributed by atoms with E-state index in [1.165, 1.54) is 16.7 Å². The molecule has 8 nitrogen and oxygen atoms in total. The maximum absolute atomic E-state index is 11.1. The molecule has 188 valence electrons. The van der Waals surface area contributed by atoms with Gasteiger partial charge in [0.15, 0.2) is 17.7 Å². The highest BCUT2D eigenvalue weighted by Gasteiger charge is 2.52. The summed E-state index contributed by atoms with van der Waals surface area (Å²) in [5, 5.41) is 13.3. The van der Waals surface area contributed by atoms with Crippen LogP contribution in [0.3, 0.4) is 0 Å². The number of hydrogen-bond acceptors (Lipinski definition) is 7. The van der Waals surface area contributed by atoms with Crippen LogP contribution in [-0.2, 0) is 9.16 Å². The summed E-state index contributed by atoms with van der Waals surface area (Å²) in [5.74, 6) is 0.285. The maximum Gasteiger partial charge on any atom is 0.261 e. The third-order valence-corrected chi connectivity index (χ3v) is 13.0.